The number of para-hydroxylation sites is 1. The van der Waals surface area contributed by atoms with Gasteiger partial charge in [-0.1, -0.05) is 12.1 Å². The van der Waals surface area contributed by atoms with Crippen molar-refractivity contribution in [3.8, 4) is 0 Å². The summed E-state index contributed by atoms with van der Waals surface area (Å²) in [6.07, 6.45) is 3.50. The van der Waals surface area contributed by atoms with Crippen molar-refractivity contribution in [2.24, 2.45) is 5.92 Å². The number of hydrogen-bond acceptors (Lipinski definition) is 3. The van der Waals surface area contributed by atoms with Crippen molar-refractivity contribution >= 4 is 11.6 Å². The van der Waals surface area contributed by atoms with Crippen LogP contribution in [-0.4, -0.2) is 50.7 Å². The lowest BCUT2D eigenvalue weighted by Gasteiger charge is -2.24. The number of ether oxygens (including phenoxy) is 1. The Bertz CT molecular complexity index is 497. The zero-order valence-corrected chi connectivity index (χ0v) is 12.8. The van der Waals surface area contributed by atoms with Crippen LogP contribution in [0, 0.1) is 5.92 Å². The van der Waals surface area contributed by atoms with Crippen LogP contribution in [-0.2, 0) is 4.74 Å². The van der Waals surface area contributed by atoms with E-state index in [9.17, 15) is 4.79 Å². The number of benzene rings is 1. The van der Waals surface area contributed by atoms with Gasteiger partial charge in [-0.15, -0.1) is 0 Å². The molecule has 2 heterocycles. The molecular weight excluding hydrogens is 264 g/mol. The van der Waals surface area contributed by atoms with E-state index in [4.69, 9.17) is 4.74 Å². The Morgan fingerprint density at radius 3 is 2.76 bits per heavy atom. The fourth-order valence-corrected chi connectivity index (χ4v) is 3.45. The van der Waals surface area contributed by atoms with E-state index in [1.54, 1.807) is 7.11 Å². The second-order valence-corrected chi connectivity index (χ2v) is 6.07. The number of amides is 1. The number of nitrogens with zero attached hydrogens (tertiary/aromatic N) is 2. The van der Waals surface area contributed by atoms with Crippen LogP contribution in [0.25, 0.3) is 0 Å². The van der Waals surface area contributed by atoms with Gasteiger partial charge in [-0.05, 0) is 31.4 Å². The molecule has 3 rings (SSSR count). The zero-order chi connectivity index (χ0) is 14.7. The SMILES string of the molecule is COCC1CCN(C(=O)c2ccccc2N2CCCC2)C1. The molecule has 4 nitrogen and oxygen atoms in total. The largest absolute Gasteiger partial charge is 0.384 e. The van der Waals surface area contributed by atoms with Gasteiger partial charge in [-0.2, -0.15) is 0 Å². The van der Waals surface area contributed by atoms with Gasteiger partial charge < -0.3 is 14.5 Å². The summed E-state index contributed by atoms with van der Waals surface area (Å²) in [6, 6.07) is 8.05. The zero-order valence-electron chi connectivity index (χ0n) is 12.8. The molecule has 0 radical (unpaired) electrons. The minimum Gasteiger partial charge on any atom is -0.384 e. The Labute approximate surface area is 126 Å². The smallest absolute Gasteiger partial charge is 0.255 e. The second-order valence-electron chi connectivity index (χ2n) is 6.07. The predicted molar refractivity (Wildman–Crippen MR) is 83.8 cm³/mol. The van der Waals surface area contributed by atoms with Crippen molar-refractivity contribution in [1.82, 2.24) is 4.90 Å². The van der Waals surface area contributed by atoms with Gasteiger partial charge in [0, 0.05) is 44.9 Å². The van der Waals surface area contributed by atoms with Crippen molar-refractivity contribution in [2.75, 3.05) is 44.8 Å². The van der Waals surface area contributed by atoms with Gasteiger partial charge in [0.1, 0.15) is 0 Å². The number of anilines is 1. The number of carbonyl (C=O) groups is 1. The van der Waals surface area contributed by atoms with Crippen molar-refractivity contribution in [1.29, 1.82) is 0 Å². The highest BCUT2D eigenvalue weighted by atomic mass is 16.5. The topological polar surface area (TPSA) is 32.8 Å². The molecule has 0 aliphatic carbocycles. The molecule has 1 unspecified atom stereocenters. The molecule has 1 aromatic carbocycles. The van der Waals surface area contributed by atoms with E-state index >= 15 is 0 Å². The van der Waals surface area contributed by atoms with E-state index in [1.807, 2.05) is 23.1 Å². The molecule has 0 spiro atoms. The summed E-state index contributed by atoms with van der Waals surface area (Å²) in [7, 11) is 1.73. The van der Waals surface area contributed by atoms with Gasteiger partial charge in [0.25, 0.3) is 5.91 Å². The van der Waals surface area contributed by atoms with Crippen LogP contribution in [0.2, 0.25) is 0 Å². The van der Waals surface area contributed by atoms with E-state index in [0.717, 1.165) is 50.5 Å². The van der Waals surface area contributed by atoms with Crippen LogP contribution in [0.4, 0.5) is 5.69 Å². The van der Waals surface area contributed by atoms with Gasteiger partial charge in [0.2, 0.25) is 0 Å². The van der Waals surface area contributed by atoms with Crippen molar-refractivity contribution < 1.29 is 9.53 Å². The maximum Gasteiger partial charge on any atom is 0.255 e. The molecule has 1 aromatic rings. The van der Waals surface area contributed by atoms with Crippen LogP contribution < -0.4 is 4.90 Å². The van der Waals surface area contributed by atoms with Crippen LogP contribution in [0.5, 0.6) is 0 Å². The Balaban J connectivity index is 1.76. The molecule has 0 aromatic heterocycles. The molecule has 21 heavy (non-hydrogen) atoms. The van der Waals surface area contributed by atoms with Gasteiger partial charge in [0.05, 0.1) is 12.2 Å². The Morgan fingerprint density at radius 1 is 1.24 bits per heavy atom. The first-order valence-corrected chi connectivity index (χ1v) is 7.92. The highest BCUT2D eigenvalue weighted by molar-refractivity contribution is 6.00. The lowest BCUT2D eigenvalue weighted by Crippen LogP contribution is -2.31. The van der Waals surface area contributed by atoms with E-state index in [-0.39, 0.29) is 5.91 Å². The Morgan fingerprint density at radius 2 is 2.00 bits per heavy atom. The molecule has 0 saturated carbocycles. The number of methoxy groups -OCH3 is 1. The van der Waals surface area contributed by atoms with Crippen LogP contribution in [0.3, 0.4) is 0 Å². The summed E-state index contributed by atoms with van der Waals surface area (Å²) in [4.78, 5) is 17.2. The monoisotopic (exact) mass is 288 g/mol. The Hall–Kier alpha value is -1.55. The van der Waals surface area contributed by atoms with Gasteiger partial charge >= 0.3 is 0 Å². The lowest BCUT2D eigenvalue weighted by molar-refractivity contribution is 0.0776. The van der Waals surface area contributed by atoms with E-state index in [1.165, 1.54) is 12.8 Å². The summed E-state index contributed by atoms with van der Waals surface area (Å²) >= 11 is 0. The van der Waals surface area contributed by atoms with Gasteiger partial charge in [-0.25, -0.2) is 0 Å². The van der Waals surface area contributed by atoms with Crippen LogP contribution in [0.15, 0.2) is 24.3 Å². The molecule has 2 aliphatic heterocycles. The first-order valence-electron chi connectivity index (χ1n) is 7.92. The molecule has 4 heteroatoms. The first-order chi connectivity index (χ1) is 10.3. The molecule has 1 amide bonds. The predicted octanol–water partition coefficient (Wildman–Crippen LogP) is 2.40. The highest BCUT2D eigenvalue weighted by Crippen LogP contribution is 2.27. The third-order valence-corrected chi connectivity index (χ3v) is 4.56. The number of hydrogen-bond donors (Lipinski definition) is 0. The van der Waals surface area contributed by atoms with Gasteiger partial charge in [-0.3, -0.25) is 4.79 Å². The molecule has 2 saturated heterocycles. The quantitative estimate of drug-likeness (QED) is 0.853. The summed E-state index contributed by atoms with van der Waals surface area (Å²) in [5.41, 5.74) is 1.97. The van der Waals surface area contributed by atoms with Crippen molar-refractivity contribution in [3.63, 3.8) is 0 Å². The average Bonchev–Trinajstić information content (AvgIpc) is 3.18. The van der Waals surface area contributed by atoms with Crippen LogP contribution in [0.1, 0.15) is 29.6 Å². The molecule has 2 fully saturated rings. The normalized spacial score (nSPS) is 22.0. The standard InChI is InChI=1S/C17H24N2O2/c1-21-13-14-8-11-19(12-14)17(20)15-6-2-3-7-16(15)18-9-4-5-10-18/h2-3,6-7,14H,4-5,8-13H2,1H3. The highest BCUT2D eigenvalue weighted by Gasteiger charge is 2.29. The summed E-state index contributed by atoms with van der Waals surface area (Å²) in [5.74, 6) is 0.661. The number of rotatable bonds is 4. The fraction of sp³-hybridized carbons (Fsp3) is 0.588. The minimum atomic E-state index is 0.177. The van der Waals surface area contributed by atoms with E-state index in [2.05, 4.69) is 11.0 Å². The van der Waals surface area contributed by atoms with E-state index in [0.29, 0.717) is 5.92 Å². The molecule has 114 valence electrons. The molecule has 0 N–H and O–H groups in total. The average molecular weight is 288 g/mol. The summed E-state index contributed by atoms with van der Waals surface area (Å²) in [5, 5.41) is 0. The molecular formula is C17H24N2O2. The molecule has 0 bridgehead atoms. The van der Waals surface area contributed by atoms with Crippen molar-refractivity contribution in [2.45, 2.75) is 19.3 Å². The van der Waals surface area contributed by atoms with E-state index < -0.39 is 0 Å². The lowest BCUT2D eigenvalue weighted by atomic mass is 10.1. The van der Waals surface area contributed by atoms with Crippen molar-refractivity contribution in [3.05, 3.63) is 29.8 Å². The third-order valence-electron chi connectivity index (χ3n) is 4.56. The second kappa shape index (κ2) is 6.48. The molecule has 1 atom stereocenters. The first kappa shape index (κ1) is 14.4. The summed E-state index contributed by atoms with van der Waals surface area (Å²) < 4.78 is 5.22. The number of likely N-dealkylation sites (tertiary alicyclic amines) is 1. The molecule has 2 aliphatic rings. The third kappa shape index (κ3) is 3.05. The maximum atomic E-state index is 12.8. The summed E-state index contributed by atoms with van der Waals surface area (Å²) in [6.45, 7) is 4.55. The van der Waals surface area contributed by atoms with Crippen LogP contribution >= 0.6 is 0 Å². The Kier molecular flexibility index (Phi) is 4.44. The van der Waals surface area contributed by atoms with Gasteiger partial charge in [0.15, 0.2) is 0 Å². The maximum absolute atomic E-state index is 12.8. The fourth-order valence-electron chi connectivity index (χ4n) is 3.45. The minimum absolute atomic E-state index is 0.177. The number of carbonyl (C=O) groups excluding carboxylic acids is 1.